The van der Waals surface area contributed by atoms with E-state index < -0.39 is 0 Å². The lowest BCUT2D eigenvalue weighted by Crippen LogP contribution is -2.52. The molecule has 2 unspecified atom stereocenters. The third-order valence-electron chi connectivity index (χ3n) is 3.02. The quantitative estimate of drug-likeness (QED) is 0.839. The Morgan fingerprint density at radius 2 is 2.56 bits per heavy atom. The molecule has 0 spiro atoms. The van der Waals surface area contributed by atoms with E-state index in [1.54, 1.807) is 11.3 Å². The van der Waals surface area contributed by atoms with Gasteiger partial charge in [0.2, 0.25) is 5.91 Å². The van der Waals surface area contributed by atoms with Crippen molar-refractivity contribution in [2.24, 2.45) is 0 Å². The molecule has 0 aliphatic carbocycles. The van der Waals surface area contributed by atoms with Gasteiger partial charge in [-0.1, -0.05) is 6.07 Å². The molecule has 0 radical (unpaired) electrons. The summed E-state index contributed by atoms with van der Waals surface area (Å²) in [6.07, 6.45) is 2.75. The average molecular weight is 238 g/mol. The second-order valence-electron chi connectivity index (χ2n) is 4.32. The zero-order valence-electron chi connectivity index (χ0n) is 9.53. The Balaban J connectivity index is 1.82. The fourth-order valence-electron chi connectivity index (χ4n) is 2.07. The van der Waals surface area contributed by atoms with Gasteiger partial charge in [-0.3, -0.25) is 4.79 Å². The molecule has 2 heterocycles. The highest BCUT2D eigenvalue weighted by atomic mass is 32.1. The van der Waals surface area contributed by atoms with Crippen molar-refractivity contribution in [3.63, 3.8) is 0 Å². The predicted molar refractivity (Wildman–Crippen MR) is 66.7 cm³/mol. The molecule has 88 valence electrons. The smallest absolute Gasteiger partial charge is 0.225 e. The van der Waals surface area contributed by atoms with Gasteiger partial charge in [-0.15, -0.1) is 11.3 Å². The molecule has 0 bridgehead atoms. The molecule has 1 aliphatic heterocycles. The minimum absolute atomic E-state index is 0.142. The molecule has 0 saturated carbocycles. The van der Waals surface area contributed by atoms with E-state index in [2.05, 4.69) is 17.6 Å². The van der Waals surface area contributed by atoms with Gasteiger partial charge in [-0.2, -0.15) is 0 Å². The molecule has 2 rings (SSSR count). The Hall–Kier alpha value is -0.870. The van der Waals surface area contributed by atoms with E-state index in [1.165, 1.54) is 0 Å². The first kappa shape index (κ1) is 11.6. The first-order valence-electron chi connectivity index (χ1n) is 5.81. The number of nitrogens with one attached hydrogen (secondary N) is 2. The van der Waals surface area contributed by atoms with Gasteiger partial charge in [0.05, 0.1) is 6.42 Å². The summed E-state index contributed by atoms with van der Waals surface area (Å²) >= 11 is 1.64. The minimum Gasteiger partial charge on any atom is -0.352 e. The number of thiophene rings is 1. The van der Waals surface area contributed by atoms with Crippen LogP contribution in [0, 0.1) is 0 Å². The second-order valence-corrected chi connectivity index (χ2v) is 5.35. The summed E-state index contributed by atoms with van der Waals surface area (Å²) in [6.45, 7) is 3.20. The largest absolute Gasteiger partial charge is 0.352 e. The van der Waals surface area contributed by atoms with Crippen LogP contribution in [0.25, 0.3) is 0 Å². The molecule has 2 N–H and O–H groups in total. The normalized spacial score (nSPS) is 25.3. The molecule has 4 heteroatoms. The van der Waals surface area contributed by atoms with Gasteiger partial charge in [0.1, 0.15) is 0 Å². The molecule has 1 fully saturated rings. The Morgan fingerprint density at radius 1 is 1.69 bits per heavy atom. The van der Waals surface area contributed by atoms with Crippen molar-refractivity contribution in [1.82, 2.24) is 10.6 Å². The van der Waals surface area contributed by atoms with Crippen molar-refractivity contribution in [2.45, 2.75) is 38.3 Å². The Bertz CT molecular complexity index is 337. The number of hydrogen-bond donors (Lipinski definition) is 2. The number of rotatable bonds is 3. The Labute approximate surface area is 100 Å². The molecule has 1 aromatic rings. The fourth-order valence-corrected chi connectivity index (χ4v) is 2.77. The monoisotopic (exact) mass is 238 g/mol. The van der Waals surface area contributed by atoms with Gasteiger partial charge in [-0.05, 0) is 37.8 Å². The van der Waals surface area contributed by atoms with Crippen LogP contribution in [0.5, 0.6) is 0 Å². The van der Waals surface area contributed by atoms with Crippen molar-refractivity contribution in [3.8, 4) is 0 Å². The van der Waals surface area contributed by atoms with Crippen LogP contribution in [-0.4, -0.2) is 24.5 Å². The third kappa shape index (κ3) is 3.06. The highest BCUT2D eigenvalue weighted by molar-refractivity contribution is 7.10. The molecule has 16 heavy (non-hydrogen) atoms. The summed E-state index contributed by atoms with van der Waals surface area (Å²) in [5, 5.41) is 8.50. The first-order valence-corrected chi connectivity index (χ1v) is 6.69. The Morgan fingerprint density at radius 3 is 3.25 bits per heavy atom. The summed E-state index contributed by atoms with van der Waals surface area (Å²) < 4.78 is 0. The van der Waals surface area contributed by atoms with E-state index in [0.717, 1.165) is 24.3 Å². The fraction of sp³-hybridized carbons (Fsp3) is 0.583. The number of carbonyl (C=O) groups is 1. The van der Waals surface area contributed by atoms with E-state index in [4.69, 9.17) is 0 Å². The average Bonchev–Trinajstić information content (AvgIpc) is 2.74. The van der Waals surface area contributed by atoms with E-state index in [-0.39, 0.29) is 5.91 Å². The summed E-state index contributed by atoms with van der Waals surface area (Å²) in [7, 11) is 0. The van der Waals surface area contributed by atoms with Crippen LogP contribution < -0.4 is 10.6 Å². The summed E-state index contributed by atoms with van der Waals surface area (Å²) in [5.41, 5.74) is 0. The van der Waals surface area contributed by atoms with Crippen molar-refractivity contribution in [2.75, 3.05) is 6.54 Å². The lowest BCUT2D eigenvalue weighted by atomic mass is 10.00. The van der Waals surface area contributed by atoms with Crippen molar-refractivity contribution in [1.29, 1.82) is 0 Å². The van der Waals surface area contributed by atoms with Crippen LogP contribution in [0.3, 0.4) is 0 Å². The zero-order valence-corrected chi connectivity index (χ0v) is 10.3. The number of hydrogen-bond acceptors (Lipinski definition) is 3. The van der Waals surface area contributed by atoms with Crippen LogP contribution >= 0.6 is 11.3 Å². The topological polar surface area (TPSA) is 41.1 Å². The SMILES string of the molecule is CC1NCCCC1NC(=O)Cc1cccs1. The highest BCUT2D eigenvalue weighted by Crippen LogP contribution is 2.11. The first-order chi connectivity index (χ1) is 7.75. The molecular formula is C12H18N2OS. The standard InChI is InChI=1S/C12H18N2OS/c1-9-11(5-2-6-13-9)14-12(15)8-10-4-3-7-16-10/h3-4,7,9,11,13H,2,5-6,8H2,1H3,(H,14,15). The van der Waals surface area contributed by atoms with Gasteiger partial charge in [0.25, 0.3) is 0 Å². The van der Waals surface area contributed by atoms with Gasteiger partial charge in [-0.25, -0.2) is 0 Å². The third-order valence-corrected chi connectivity index (χ3v) is 3.90. The van der Waals surface area contributed by atoms with Crippen molar-refractivity contribution < 1.29 is 4.79 Å². The zero-order chi connectivity index (χ0) is 11.4. The van der Waals surface area contributed by atoms with E-state index in [0.29, 0.717) is 18.5 Å². The molecule has 3 nitrogen and oxygen atoms in total. The summed E-state index contributed by atoms with van der Waals surface area (Å²) in [6, 6.07) is 4.67. The molecule has 1 amide bonds. The molecule has 2 atom stereocenters. The number of carbonyl (C=O) groups excluding carboxylic acids is 1. The van der Waals surface area contributed by atoms with Crippen molar-refractivity contribution >= 4 is 17.2 Å². The van der Waals surface area contributed by atoms with E-state index in [9.17, 15) is 4.79 Å². The molecular weight excluding hydrogens is 220 g/mol. The van der Waals surface area contributed by atoms with Gasteiger partial charge >= 0.3 is 0 Å². The molecule has 1 aliphatic rings. The van der Waals surface area contributed by atoms with Gasteiger partial charge in [0.15, 0.2) is 0 Å². The number of amides is 1. The van der Waals surface area contributed by atoms with Crippen LogP contribution in [0.4, 0.5) is 0 Å². The maximum Gasteiger partial charge on any atom is 0.225 e. The maximum absolute atomic E-state index is 11.8. The lowest BCUT2D eigenvalue weighted by Gasteiger charge is -2.30. The molecule has 1 saturated heterocycles. The summed E-state index contributed by atoms with van der Waals surface area (Å²) in [5.74, 6) is 0.142. The maximum atomic E-state index is 11.8. The lowest BCUT2D eigenvalue weighted by molar-refractivity contribution is -0.121. The van der Waals surface area contributed by atoms with Gasteiger partial charge < -0.3 is 10.6 Å². The summed E-state index contributed by atoms with van der Waals surface area (Å²) in [4.78, 5) is 12.9. The Kier molecular flexibility index (Phi) is 3.96. The van der Waals surface area contributed by atoms with E-state index >= 15 is 0 Å². The van der Waals surface area contributed by atoms with Crippen molar-refractivity contribution in [3.05, 3.63) is 22.4 Å². The van der Waals surface area contributed by atoms with Gasteiger partial charge in [0, 0.05) is 17.0 Å². The number of piperidine rings is 1. The van der Waals surface area contributed by atoms with E-state index in [1.807, 2.05) is 17.5 Å². The van der Waals surface area contributed by atoms with Crippen LogP contribution in [-0.2, 0) is 11.2 Å². The minimum atomic E-state index is 0.142. The van der Waals surface area contributed by atoms with Crippen LogP contribution in [0.2, 0.25) is 0 Å². The highest BCUT2D eigenvalue weighted by Gasteiger charge is 2.22. The predicted octanol–water partition coefficient (Wildman–Crippen LogP) is 1.55. The second kappa shape index (κ2) is 5.46. The molecule has 0 aromatic carbocycles. The van der Waals surface area contributed by atoms with Crippen LogP contribution in [0.1, 0.15) is 24.6 Å². The molecule has 1 aromatic heterocycles. The van der Waals surface area contributed by atoms with Crippen LogP contribution in [0.15, 0.2) is 17.5 Å².